The van der Waals surface area contributed by atoms with E-state index in [2.05, 4.69) is 20.2 Å². The van der Waals surface area contributed by atoms with Crippen molar-refractivity contribution in [3.63, 3.8) is 0 Å². The molecule has 13 heteroatoms. The Labute approximate surface area is 158 Å². The molecule has 5 N–H and O–H groups in total. The average molecular weight is 414 g/mol. The van der Waals surface area contributed by atoms with Crippen LogP contribution in [0.15, 0.2) is 32.4 Å². The first kappa shape index (κ1) is 19.9. The molecule has 2 rings (SSSR count). The Kier molecular flexibility index (Phi) is 5.98. The van der Waals surface area contributed by atoms with Crippen molar-refractivity contribution < 1.29 is 13.0 Å². The third-order valence-corrected chi connectivity index (χ3v) is 4.96. The Balaban J connectivity index is 2.48. The summed E-state index contributed by atoms with van der Waals surface area (Å²) in [6.07, 6.45) is 0. The van der Waals surface area contributed by atoms with E-state index in [0.717, 1.165) is 17.8 Å². The van der Waals surface area contributed by atoms with E-state index in [-0.39, 0.29) is 38.9 Å². The Hall–Kier alpha value is -2.46. The third kappa shape index (κ3) is 4.58. The number of nitrogen functional groups attached to an aromatic ring is 2. The number of halogens is 1. The minimum absolute atomic E-state index is 0.0693. The normalized spacial score (nSPS) is 11.6. The summed E-state index contributed by atoms with van der Waals surface area (Å²) in [7, 11) is -4.58. The minimum atomic E-state index is -4.58. The molecular formula is C13H12ClN7O3S2. The van der Waals surface area contributed by atoms with Crippen molar-refractivity contribution in [3.05, 3.63) is 22.7 Å². The predicted molar refractivity (Wildman–Crippen MR) is 97.4 cm³/mol. The smallest absolute Gasteiger partial charge is 0.296 e. The number of hydrogen-bond donors (Lipinski definition) is 3. The summed E-state index contributed by atoms with van der Waals surface area (Å²) in [5, 5.41) is 16.5. The second-order valence-electron chi connectivity index (χ2n) is 4.82. The zero-order valence-corrected chi connectivity index (χ0v) is 15.6. The number of hydrogen-bond acceptors (Lipinski definition) is 10. The lowest BCUT2D eigenvalue weighted by Crippen LogP contribution is -2.01. The Morgan fingerprint density at radius 1 is 1.31 bits per heavy atom. The molecule has 0 unspecified atom stereocenters. The van der Waals surface area contributed by atoms with Gasteiger partial charge >= 0.3 is 0 Å². The molecule has 0 radical (unpaired) electrons. The van der Waals surface area contributed by atoms with E-state index in [1.807, 2.05) is 6.07 Å². The average Bonchev–Trinajstić information content (AvgIpc) is 2.54. The molecule has 0 aliphatic heterocycles. The van der Waals surface area contributed by atoms with Gasteiger partial charge < -0.3 is 11.5 Å². The number of nitrogens with two attached hydrogens (primary N) is 2. The molecule has 1 aromatic heterocycles. The van der Waals surface area contributed by atoms with Crippen LogP contribution in [0, 0.1) is 18.3 Å². The summed E-state index contributed by atoms with van der Waals surface area (Å²) < 4.78 is 32.3. The lowest BCUT2D eigenvalue weighted by Gasteiger charge is -2.07. The maximum absolute atomic E-state index is 11.5. The quantitative estimate of drug-likeness (QED) is 0.287. The van der Waals surface area contributed by atoms with E-state index in [0.29, 0.717) is 5.56 Å². The first-order chi connectivity index (χ1) is 12.1. The standard InChI is InChI=1S/C13H12ClN7O3S2/c1-6-4-8(9(5-7(6)14)26(22,23)24)20-21-10-11(16)18-13(19-12(10)17)25-3-2-15/h4-5H,3H2,1H3,(H,22,23,24)(H4,16,17,18,19)/b21-20+. The van der Waals surface area contributed by atoms with E-state index in [1.54, 1.807) is 6.92 Å². The molecule has 0 fully saturated rings. The molecule has 26 heavy (non-hydrogen) atoms. The lowest BCUT2D eigenvalue weighted by atomic mass is 10.2. The Bertz CT molecular complexity index is 1010. The second kappa shape index (κ2) is 7.83. The minimum Gasteiger partial charge on any atom is -0.382 e. The van der Waals surface area contributed by atoms with E-state index in [1.165, 1.54) is 6.07 Å². The van der Waals surface area contributed by atoms with Gasteiger partial charge in [0.2, 0.25) is 0 Å². The number of rotatable bonds is 5. The topological polar surface area (TPSA) is 181 Å². The van der Waals surface area contributed by atoms with Gasteiger partial charge in [-0.3, -0.25) is 4.55 Å². The fourth-order valence-corrected chi connectivity index (χ4v) is 3.15. The van der Waals surface area contributed by atoms with Gasteiger partial charge in [-0.05, 0) is 24.6 Å². The molecule has 1 aromatic carbocycles. The Morgan fingerprint density at radius 2 is 1.92 bits per heavy atom. The summed E-state index contributed by atoms with van der Waals surface area (Å²) in [6, 6.07) is 4.31. The zero-order chi connectivity index (χ0) is 19.5. The van der Waals surface area contributed by atoms with Gasteiger partial charge in [-0.2, -0.15) is 13.7 Å². The van der Waals surface area contributed by atoms with Crippen LogP contribution in [0.5, 0.6) is 0 Å². The molecule has 0 saturated carbocycles. The number of aromatic nitrogens is 2. The van der Waals surface area contributed by atoms with Crippen molar-refractivity contribution in [3.8, 4) is 6.07 Å². The number of azo groups is 1. The highest BCUT2D eigenvalue weighted by molar-refractivity contribution is 7.99. The Morgan fingerprint density at radius 3 is 2.46 bits per heavy atom. The van der Waals surface area contributed by atoms with Crippen LogP contribution in [0.2, 0.25) is 5.02 Å². The van der Waals surface area contributed by atoms with Crippen molar-refractivity contribution in [2.45, 2.75) is 17.0 Å². The fraction of sp³-hybridized carbons (Fsp3) is 0.154. The number of anilines is 2. The van der Waals surface area contributed by atoms with Crippen molar-refractivity contribution in [2.75, 3.05) is 17.2 Å². The number of thioether (sulfide) groups is 1. The van der Waals surface area contributed by atoms with Gasteiger partial charge in [-0.25, -0.2) is 9.97 Å². The summed E-state index contributed by atoms with van der Waals surface area (Å²) in [4.78, 5) is 7.37. The summed E-state index contributed by atoms with van der Waals surface area (Å²) >= 11 is 6.92. The van der Waals surface area contributed by atoms with Crippen molar-refractivity contribution in [1.29, 1.82) is 5.26 Å². The van der Waals surface area contributed by atoms with Crippen LogP contribution in [0.25, 0.3) is 0 Å². The largest absolute Gasteiger partial charge is 0.382 e. The summed E-state index contributed by atoms with van der Waals surface area (Å²) in [5.74, 6) is -0.0804. The molecule has 10 nitrogen and oxygen atoms in total. The number of nitriles is 1. The monoisotopic (exact) mass is 413 g/mol. The van der Waals surface area contributed by atoms with E-state index in [4.69, 9.17) is 28.3 Å². The van der Waals surface area contributed by atoms with Crippen LogP contribution in [0.3, 0.4) is 0 Å². The van der Waals surface area contributed by atoms with Gasteiger partial charge in [0.15, 0.2) is 22.5 Å². The molecule has 0 atom stereocenters. The molecule has 0 bridgehead atoms. The second-order valence-corrected chi connectivity index (χ2v) is 7.56. The molecule has 2 aromatic rings. The van der Waals surface area contributed by atoms with Crippen LogP contribution in [-0.2, 0) is 10.1 Å². The van der Waals surface area contributed by atoms with E-state index >= 15 is 0 Å². The van der Waals surface area contributed by atoms with Gasteiger partial charge in [0.1, 0.15) is 10.6 Å². The van der Waals surface area contributed by atoms with Crippen LogP contribution < -0.4 is 11.5 Å². The molecule has 0 aliphatic carbocycles. The van der Waals surface area contributed by atoms with Crippen molar-refractivity contribution >= 4 is 56.5 Å². The number of aryl methyl sites for hydroxylation is 1. The first-order valence-electron chi connectivity index (χ1n) is 6.75. The third-order valence-electron chi connectivity index (χ3n) is 2.96. The van der Waals surface area contributed by atoms with Crippen LogP contribution in [-0.4, -0.2) is 28.7 Å². The number of nitrogens with zero attached hydrogens (tertiary/aromatic N) is 5. The van der Waals surface area contributed by atoms with Crippen molar-refractivity contribution in [1.82, 2.24) is 9.97 Å². The molecule has 0 saturated heterocycles. The molecule has 0 spiro atoms. The van der Waals surface area contributed by atoms with Gasteiger partial charge in [-0.1, -0.05) is 23.4 Å². The van der Waals surface area contributed by atoms with E-state index < -0.39 is 15.0 Å². The molecule has 136 valence electrons. The summed E-state index contributed by atoms with van der Waals surface area (Å²) in [6.45, 7) is 1.63. The van der Waals surface area contributed by atoms with Crippen LogP contribution in [0.4, 0.5) is 23.0 Å². The molecular weight excluding hydrogens is 402 g/mol. The van der Waals surface area contributed by atoms with Gasteiger partial charge in [0.05, 0.1) is 11.8 Å². The number of benzene rings is 1. The van der Waals surface area contributed by atoms with Crippen molar-refractivity contribution in [2.24, 2.45) is 10.2 Å². The fourth-order valence-electron chi connectivity index (χ4n) is 1.77. The van der Waals surface area contributed by atoms with Crippen LogP contribution in [0.1, 0.15) is 5.56 Å². The van der Waals surface area contributed by atoms with Gasteiger partial charge in [0.25, 0.3) is 10.1 Å². The SMILES string of the molecule is Cc1cc(/N=N/c2c(N)nc(SCC#N)nc2N)c(S(=O)(=O)O)cc1Cl. The maximum atomic E-state index is 11.5. The van der Waals surface area contributed by atoms with Crippen LogP contribution >= 0.6 is 23.4 Å². The maximum Gasteiger partial charge on any atom is 0.296 e. The predicted octanol–water partition coefficient (Wildman–Crippen LogP) is 2.88. The molecule has 0 aliphatic rings. The van der Waals surface area contributed by atoms with Gasteiger partial charge in [-0.15, -0.1) is 10.2 Å². The zero-order valence-electron chi connectivity index (χ0n) is 13.2. The molecule has 0 amide bonds. The first-order valence-corrected chi connectivity index (χ1v) is 9.56. The molecule has 1 heterocycles. The highest BCUT2D eigenvalue weighted by atomic mass is 35.5. The van der Waals surface area contributed by atoms with E-state index in [9.17, 15) is 13.0 Å². The summed E-state index contributed by atoms with van der Waals surface area (Å²) in [5.41, 5.74) is 11.8. The van der Waals surface area contributed by atoms with Gasteiger partial charge in [0, 0.05) is 5.02 Å². The lowest BCUT2D eigenvalue weighted by molar-refractivity contribution is 0.483. The highest BCUT2D eigenvalue weighted by Gasteiger charge is 2.18. The highest BCUT2D eigenvalue weighted by Crippen LogP contribution is 2.34.